The van der Waals surface area contributed by atoms with Crippen LogP contribution in [0.1, 0.15) is 45.7 Å². The first-order valence-electron chi connectivity index (χ1n) is 23.1. The van der Waals surface area contributed by atoms with E-state index in [-0.39, 0.29) is 88.7 Å². The van der Waals surface area contributed by atoms with Crippen molar-refractivity contribution in [2.24, 2.45) is 0 Å². The zero-order valence-corrected chi connectivity index (χ0v) is 40.7. The maximum absolute atomic E-state index is 13.0. The first-order chi connectivity index (χ1) is 35.4. The van der Waals surface area contributed by atoms with E-state index in [1.807, 2.05) is 12.1 Å². The Hall–Kier alpha value is -7.46. The Kier molecular flexibility index (Phi) is 24.0. The highest BCUT2D eigenvalue weighted by Crippen LogP contribution is 2.40. The van der Waals surface area contributed by atoms with E-state index in [0.717, 1.165) is 22.3 Å². The van der Waals surface area contributed by atoms with Crippen molar-refractivity contribution in [1.29, 1.82) is 0 Å². The number of rotatable bonds is 32. The van der Waals surface area contributed by atoms with Crippen LogP contribution in [0.25, 0.3) is 11.1 Å². The fraction of sp³-hybridized carbons (Fsp3) is 0.358. The van der Waals surface area contributed by atoms with Gasteiger partial charge in [0.05, 0.1) is 90.4 Å². The molecule has 0 N–H and O–H groups in total. The molecule has 4 aromatic rings. The Morgan fingerprint density at radius 1 is 0.370 bits per heavy atom. The smallest absolute Gasteiger partial charge is 0.460 e. The maximum atomic E-state index is 13.0. The van der Waals surface area contributed by atoms with Crippen LogP contribution >= 0.6 is 0 Å². The highest BCUT2D eigenvalue weighted by atomic mass is 16.7. The molecule has 5 rings (SSSR count). The molecular weight excluding hydrogens is 957 g/mol. The molecule has 0 saturated heterocycles. The molecule has 1 aliphatic carbocycles. The second-order valence-electron chi connectivity index (χ2n) is 15.6. The van der Waals surface area contributed by atoms with Crippen LogP contribution in [0.4, 0.5) is 9.59 Å². The van der Waals surface area contributed by atoms with Crippen LogP contribution in [0, 0.1) is 0 Å². The molecule has 0 radical (unpaired) electrons. The van der Waals surface area contributed by atoms with Gasteiger partial charge in [-0.05, 0) is 115 Å². The first kappa shape index (κ1) is 56.5. The number of hydrogen-bond donors (Lipinski definition) is 0. The minimum Gasteiger partial charge on any atom is -0.460 e. The molecule has 0 atom stereocenters. The second kappa shape index (κ2) is 31.1. The monoisotopic (exact) mass is 1010 g/mol. The van der Waals surface area contributed by atoms with Crippen molar-refractivity contribution in [3.05, 3.63) is 131 Å². The van der Waals surface area contributed by atoms with Gasteiger partial charge in [0.2, 0.25) is 0 Å². The van der Waals surface area contributed by atoms with Crippen LogP contribution in [0.3, 0.4) is 0 Å². The van der Waals surface area contributed by atoms with Crippen molar-refractivity contribution < 1.29 is 95.1 Å². The van der Waals surface area contributed by atoms with Crippen LogP contribution in [-0.2, 0) is 63.4 Å². The third-order valence-electron chi connectivity index (χ3n) is 9.83. The molecule has 0 unspecified atom stereocenters. The fourth-order valence-electron chi connectivity index (χ4n) is 6.28. The molecule has 0 bridgehead atoms. The molecule has 0 fully saturated rings. The van der Waals surface area contributed by atoms with E-state index in [9.17, 15) is 28.8 Å². The Balaban J connectivity index is 0.919. The van der Waals surface area contributed by atoms with E-state index in [2.05, 4.69) is 13.2 Å². The molecule has 20 nitrogen and oxygen atoms in total. The Labute approximate surface area is 421 Å². The van der Waals surface area contributed by atoms with E-state index in [0.29, 0.717) is 68.7 Å². The number of hydrogen-bond acceptors (Lipinski definition) is 20. The molecule has 0 amide bonds. The molecule has 0 saturated carbocycles. The predicted molar refractivity (Wildman–Crippen MR) is 258 cm³/mol. The van der Waals surface area contributed by atoms with Gasteiger partial charge in [-0.15, -0.1) is 0 Å². The highest BCUT2D eigenvalue weighted by Gasteiger charge is 2.22. The predicted octanol–water partition coefficient (Wildman–Crippen LogP) is 7.07. The summed E-state index contributed by atoms with van der Waals surface area (Å²) in [5.41, 5.74) is 4.81. The highest BCUT2D eigenvalue weighted by molar-refractivity contribution is 5.92. The largest absolute Gasteiger partial charge is 0.513 e. The lowest BCUT2D eigenvalue weighted by Crippen LogP contribution is -2.16. The van der Waals surface area contributed by atoms with Gasteiger partial charge in [-0.1, -0.05) is 25.3 Å². The quantitative estimate of drug-likeness (QED) is 0.0105. The van der Waals surface area contributed by atoms with Gasteiger partial charge in [0.25, 0.3) is 0 Å². The molecule has 0 heterocycles. The van der Waals surface area contributed by atoms with E-state index in [1.165, 1.54) is 48.5 Å². The van der Waals surface area contributed by atoms with Gasteiger partial charge in [-0.3, -0.25) is 0 Å². The SMILES string of the molecule is C=C(C)C(=O)OCCOCCOCCOCCOC(=O)Oc1ccc(C(=O)Oc2ccc3c(c2)Cc2cc(OC(=O)c4ccc(OC(=O)OCCOCCOCCOCCOC(=O)C(=C)C)cc4)ccc2-3)cc1. The summed E-state index contributed by atoms with van der Waals surface area (Å²) >= 11 is 0. The van der Waals surface area contributed by atoms with Crippen molar-refractivity contribution >= 4 is 36.2 Å². The lowest BCUT2D eigenvalue weighted by Gasteiger charge is -2.09. The minimum atomic E-state index is -0.941. The summed E-state index contributed by atoms with van der Waals surface area (Å²) in [5.74, 6) is -1.18. The number of esters is 4. The second-order valence-corrected chi connectivity index (χ2v) is 15.6. The summed E-state index contributed by atoms with van der Waals surface area (Å²) in [7, 11) is 0. The average Bonchev–Trinajstić information content (AvgIpc) is 3.73. The van der Waals surface area contributed by atoms with Gasteiger partial charge in [0, 0.05) is 11.1 Å². The van der Waals surface area contributed by atoms with Crippen LogP contribution in [-0.4, -0.2) is 142 Å². The van der Waals surface area contributed by atoms with E-state index < -0.39 is 36.2 Å². The van der Waals surface area contributed by atoms with Gasteiger partial charge in [0.1, 0.15) is 49.4 Å². The third-order valence-corrected chi connectivity index (χ3v) is 9.83. The fourth-order valence-corrected chi connectivity index (χ4v) is 6.28. The zero-order valence-electron chi connectivity index (χ0n) is 40.7. The number of fused-ring (bicyclic) bond motifs is 3. The molecule has 0 aliphatic heterocycles. The molecular formula is C53H58O20. The zero-order chi connectivity index (χ0) is 52.2. The van der Waals surface area contributed by atoms with Crippen LogP contribution < -0.4 is 18.9 Å². The van der Waals surface area contributed by atoms with E-state index in [1.54, 1.807) is 38.1 Å². The van der Waals surface area contributed by atoms with Crippen molar-refractivity contribution in [1.82, 2.24) is 0 Å². The summed E-state index contributed by atoms with van der Waals surface area (Å²) in [6.45, 7) is 13.5. The standard InChI is InChI=1S/C53H58O20/c1-36(2)48(54)66-29-25-62-21-17-60-19-23-64-27-31-68-52(58)72-42-9-5-38(6-10-42)50(56)70-44-13-15-46-40(34-44)33-41-35-45(14-16-47(41)46)71-51(57)39-7-11-43(12-8-39)73-53(59)69-32-28-65-24-20-61-18-22-63-26-30-67-49(55)37(3)4/h5-16,34-35H,1,3,17-33H2,2,4H3. The summed E-state index contributed by atoms with van der Waals surface area (Å²) < 4.78 is 73.7. The van der Waals surface area contributed by atoms with Crippen molar-refractivity contribution in [3.8, 4) is 34.1 Å². The van der Waals surface area contributed by atoms with Crippen molar-refractivity contribution in [2.45, 2.75) is 20.3 Å². The Bertz CT molecular complexity index is 2310. The topological polar surface area (TPSA) is 232 Å². The van der Waals surface area contributed by atoms with Crippen molar-refractivity contribution in [3.63, 3.8) is 0 Å². The first-order valence-corrected chi connectivity index (χ1v) is 23.1. The minimum absolute atomic E-state index is 0.0502. The molecule has 1 aliphatic rings. The Morgan fingerprint density at radius 3 is 0.973 bits per heavy atom. The number of carbonyl (C=O) groups excluding carboxylic acids is 6. The van der Waals surface area contributed by atoms with Gasteiger partial charge < -0.3 is 66.3 Å². The van der Waals surface area contributed by atoms with Gasteiger partial charge in [-0.2, -0.15) is 0 Å². The summed E-state index contributed by atoms with van der Waals surface area (Å²) in [6, 6.07) is 22.2. The summed E-state index contributed by atoms with van der Waals surface area (Å²) in [6.07, 6.45) is -1.38. The number of benzene rings is 4. The molecule has 73 heavy (non-hydrogen) atoms. The Morgan fingerprint density at radius 2 is 0.658 bits per heavy atom. The summed E-state index contributed by atoms with van der Waals surface area (Å²) in [5, 5.41) is 0. The number of carbonyl (C=O) groups is 6. The maximum Gasteiger partial charge on any atom is 0.513 e. The lowest BCUT2D eigenvalue weighted by molar-refractivity contribution is -0.141. The molecule has 4 aromatic carbocycles. The third kappa shape index (κ3) is 20.7. The molecule has 0 spiro atoms. The van der Waals surface area contributed by atoms with Crippen LogP contribution in [0.15, 0.2) is 109 Å². The molecule has 20 heteroatoms. The van der Waals surface area contributed by atoms with Gasteiger partial charge in [0.15, 0.2) is 0 Å². The number of ether oxygens (including phenoxy) is 14. The normalized spacial score (nSPS) is 11.1. The molecule has 390 valence electrons. The van der Waals surface area contributed by atoms with Gasteiger partial charge >= 0.3 is 36.2 Å². The van der Waals surface area contributed by atoms with Gasteiger partial charge in [-0.25, -0.2) is 28.8 Å². The van der Waals surface area contributed by atoms with Crippen LogP contribution in [0.2, 0.25) is 0 Å². The van der Waals surface area contributed by atoms with Crippen molar-refractivity contribution in [2.75, 3.05) is 106 Å². The van der Waals surface area contributed by atoms with Crippen LogP contribution in [0.5, 0.6) is 23.0 Å². The summed E-state index contributed by atoms with van der Waals surface area (Å²) in [4.78, 5) is 72.9. The van der Waals surface area contributed by atoms with E-state index >= 15 is 0 Å². The lowest BCUT2D eigenvalue weighted by atomic mass is 10.1. The van der Waals surface area contributed by atoms with E-state index in [4.69, 9.17) is 66.3 Å². The average molecular weight is 1020 g/mol. The molecule has 0 aromatic heterocycles.